The lowest BCUT2D eigenvalue weighted by Crippen LogP contribution is -2.26. The molecular weight excluding hydrogens is 152 g/mol. The van der Waals surface area contributed by atoms with Crippen molar-refractivity contribution in [1.29, 1.82) is 0 Å². The Hall–Kier alpha value is -0.0800. The number of ether oxygens (including phenoxy) is 1. The molecule has 0 fully saturated rings. The first kappa shape index (κ1) is 11.9. The largest absolute Gasteiger partial charge is 0.391 e. The summed E-state index contributed by atoms with van der Waals surface area (Å²) in [5.41, 5.74) is -0.141. The topological polar surface area (TPSA) is 29.5 Å². The van der Waals surface area contributed by atoms with Crippen LogP contribution in [0.25, 0.3) is 0 Å². The second-order valence-corrected chi connectivity index (χ2v) is 4.71. The Kier molecular flexibility index (Phi) is 4.80. The van der Waals surface area contributed by atoms with Crippen LogP contribution in [-0.2, 0) is 4.74 Å². The second-order valence-electron chi connectivity index (χ2n) is 4.71. The number of aliphatic hydroxyl groups is 1. The van der Waals surface area contributed by atoms with Crippen LogP contribution in [0.1, 0.15) is 41.0 Å². The highest BCUT2D eigenvalue weighted by atomic mass is 16.5. The summed E-state index contributed by atoms with van der Waals surface area (Å²) in [5, 5.41) is 9.46. The predicted octanol–water partition coefficient (Wildman–Crippen LogP) is 2.21. The zero-order chi connectivity index (χ0) is 9.78. The van der Waals surface area contributed by atoms with Gasteiger partial charge in [-0.05, 0) is 33.1 Å². The van der Waals surface area contributed by atoms with E-state index in [1.165, 1.54) is 0 Å². The van der Waals surface area contributed by atoms with Crippen molar-refractivity contribution < 1.29 is 9.84 Å². The van der Waals surface area contributed by atoms with Crippen molar-refractivity contribution in [2.45, 2.75) is 52.7 Å². The Morgan fingerprint density at radius 3 is 2.08 bits per heavy atom. The molecule has 0 aromatic rings. The van der Waals surface area contributed by atoms with E-state index in [4.69, 9.17) is 4.74 Å². The Bertz CT molecular complexity index is 113. The summed E-state index contributed by atoms with van der Waals surface area (Å²) in [6.45, 7) is 10.6. The maximum atomic E-state index is 9.46. The predicted molar refractivity (Wildman–Crippen MR) is 51.2 cm³/mol. The highest BCUT2D eigenvalue weighted by Crippen LogP contribution is 2.10. The molecular formula is C10H22O2. The summed E-state index contributed by atoms with van der Waals surface area (Å²) in [5.74, 6) is 0.531. The lowest BCUT2D eigenvalue weighted by Gasteiger charge is -2.22. The average Bonchev–Trinajstić information content (AvgIpc) is 1.80. The molecule has 0 spiro atoms. The molecule has 0 heterocycles. The Morgan fingerprint density at radius 2 is 1.75 bits per heavy atom. The SMILES string of the molecule is CC(C)CC(O)COC(C)(C)C. The van der Waals surface area contributed by atoms with Gasteiger partial charge < -0.3 is 9.84 Å². The third kappa shape index (κ3) is 8.02. The fourth-order valence-electron chi connectivity index (χ4n) is 0.958. The smallest absolute Gasteiger partial charge is 0.0776 e. The van der Waals surface area contributed by atoms with E-state index in [9.17, 15) is 5.11 Å². The first-order valence-corrected chi connectivity index (χ1v) is 4.63. The fourth-order valence-corrected chi connectivity index (χ4v) is 0.958. The lowest BCUT2D eigenvalue weighted by molar-refractivity contribution is -0.0531. The van der Waals surface area contributed by atoms with Gasteiger partial charge in [0.1, 0.15) is 0 Å². The van der Waals surface area contributed by atoms with Gasteiger partial charge in [0.25, 0.3) is 0 Å². The molecule has 0 saturated carbocycles. The van der Waals surface area contributed by atoms with Gasteiger partial charge in [0, 0.05) is 0 Å². The molecule has 0 saturated heterocycles. The minimum absolute atomic E-state index is 0.141. The van der Waals surface area contributed by atoms with Gasteiger partial charge in [-0.25, -0.2) is 0 Å². The van der Waals surface area contributed by atoms with Crippen LogP contribution in [0.15, 0.2) is 0 Å². The number of aliphatic hydroxyl groups excluding tert-OH is 1. The Labute approximate surface area is 75.9 Å². The molecule has 0 rings (SSSR count). The van der Waals surface area contributed by atoms with E-state index in [-0.39, 0.29) is 11.7 Å². The van der Waals surface area contributed by atoms with Crippen molar-refractivity contribution in [3.63, 3.8) is 0 Å². The van der Waals surface area contributed by atoms with Crippen molar-refractivity contribution in [3.05, 3.63) is 0 Å². The van der Waals surface area contributed by atoms with Crippen molar-refractivity contribution >= 4 is 0 Å². The van der Waals surface area contributed by atoms with Gasteiger partial charge in [0.05, 0.1) is 18.3 Å². The Balaban J connectivity index is 3.51. The molecule has 74 valence electrons. The molecule has 0 aromatic heterocycles. The molecule has 0 aliphatic rings. The first-order valence-electron chi connectivity index (χ1n) is 4.63. The van der Waals surface area contributed by atoms with Gasteiger partial charge in [0.2, 0.25) is 0 Å². The molecule has 0 aliphatic heterocycles. The maximum Gasteiger partial charge on any atom is 0.0776 e. The quantitative estimate of drug-likeness (QED) is 0.708. The second kappa shape index (κ2) is 4.83. The highest BCUT2D eigenvalue weighted by Gasteiger charge is 2.14. The van der Waals surface area contributed by atoms with Crippen molar-refractivity contribution in [2.75, 3.05) is 6.61 Å². The molecule has 2 heteroatoms. The maximum absolute atomic E-state index is 9.46. The third-order valence-corrected chi connectivity index (χ3v) is 1.45. The molecule has 0 radical (unpaired) electrons. The number of hydrogen-bond donors (Lipinski definition) is 1. The van der Waals surface area contributed by atoms with Gasteiger partial charge in [-0.15, -0.1) is 0 Å². The van der Waals surface area contributed by atoms with E-state index in [0.29, 0.717) is 12.5 Å². The highest BCUT2D eigenvalue weighted by molar-refractivity contribution is 4.63. The number of rotatable bonds is 4. The van der Waals surface area contributed by atoms with E-state index in [2.05, 4.69) is 13.8 Å². The summed E-state index contributed by atoms with van der Waals surface area (Å²) in [6, 6.07) is 0. The van der Waals surface area contributed by atoms with Crippen LogP contribution < -0.4 is 0 Å². The van der Waals surface area contributed by atoms with Crippen LogP contribution in [0, 0.1) is 5.92 Å². The lowest BCUT2D eigenvalue weighted by atomic mass is 10.1. The molecule has 0 aliphatic carbocycles. The van der Waals surface area contributed by atoms with E-state index >= 15 is 0 Å². The summed E-state index contributed by atoms with van der Waals surface area (Å²) >= 11 is 0. The van der Waals surface area contributed by atoms with Crippen LogP contribution in [-0.4, -0.2) is 23.4 Å². The van der Waals surface area contributed by atoms with Crippen molar-refractivity contribution in [1.82, 2.24) is 0 Å². The minimum atomic E-state index is -0.316. The monoisotopic (exact) mass is 174 g/mol. The average molecular weight is 174 g/mol. The molecule has 0 bridgehead atoms. The van der Waals surface area contributed by atoms with Crippen molar-refractivity contribution in [2.24, 2.45) is 5.92 Å². The molecule has 1 N–H and O–H groups in total. The van der Waals surface area contributed by atoms with E-state index < -0.39 is 0 Å². The number of hydrogen-bond acceptors (Lipinski definition) is 2. The van der Waals surface area contributed by atoms with Gasteiger partial charge >= 0.3 is 0 Å². The van der Waals surface area contributed by atoms with Crippen LogP contribution in [0.5, 0.6) is 0 Å². The van der Waals surface area contributed by atoms with Crippen molar-refractivity contribution in [3.8, 4) is 0 Å². The fraction of sp³-hybridized carbons (Fsp3) is 1.00. The molecule has 12 heavy (non-hydrogen) atoms. The van der Waals surface area contributed by atoms with Crippen LogP contribution >= 0.6 is 0 Å². The van der Waals surface area contributed by atoms with Gasteiger partial charge in [0.15, 0.2) is 0 Å². The van der Waals surface area contributed by atoms with Gasteiger partial charge in [-0.3, -0.25) is 0 Å². The first-order chi connectivity index (χ1) is 5.31. The van der Waals surface area contributed by atoms with E-state index in [1.54, 1.807) is 0 Å². The molecule has 1 unspecified atom stereocenters. The zero-order valence-corrected chi connectivity index (χ0v) is 8.92. The minimum Gasteiger partial charge on any atom is -0.391 e. The molecule has 2 nitrogen and oxygen atoms in total. The third-order valence-electron chi connectivity index (χ3n) is 1.45. The molecule has 0 amide bonds. The Morgan fingerprint density at radius 1 is 1.25 bits per heavy atom. The normalized spacial score (nSPS) is 15.2. The van der Waals surface area contributed by atoms with Crippen LogP contribution in [0.2, 0.25) is 0 Å². The van der Waals surface area contributed by atoms with E-state index in [1.807, 2.05) is 20.8 Å². The summed E-state index contributed by atoms with van der Waals surface area (Å²) < 4.78 is 5.44. The van der Waals surface area contributed by atoms with Crippen LogP contribution in [0.3, 0.4) is 0 Å². The zero-order valence-electron chi connectivity index (χ0n) is 8.92. The standard InChI is InChI=1S/C10H22O2/c1-8(2)6-9(11)7-12-10(3,4)5/h8-9,11H,6-7H2,1-5H3. The molecule has 1 atom stereocenters. The van der Waals surface area contributed by atoms with Crippen LogP contribution in [0.4, 0.5) is 0 Å². The van der Waals surface area contributed by atoms with E-state index in [0.717, 1.165) is 6.42 Å². The molecule has 0 aromatic carbocycles. The summed E-state index contributed by atoms with van der Waals surface area (Å²) in [4.78, 5) is 0. The summed E-state index contributed by atoms with van der Waals surface area (Å²) in [7, 11) is 0. The van der Waals surface area contributed by atoms with Gasteiger partial charge in [-0.2, -0.15) is 0 Å². The summed E-state index contributed by atoms with van der Waals surface area (Å²) in [6.07, 6.45) is 0.500. The van der Waals surface area contributed by atoms with Gasteiger partial charge in [-0.1, -0.05) is 13.8 Å².